The molecule has 184 valence electrons. The van der Waals surface area contributed by atoms with Gasteiger partial charge in [-0.3, -0.25) is 9.69 Å². The average molecular weight is 559 g/mol. The topological polar surface area (TPSA) is 88.1 Å². The van der Waals surface area contributed by atoms with E-state index < -0.39 is 5.97 Å². The lowest BCUT2D eigenvalue weighted by atomic mass is 9.94. The summed E-state index contributed by atoms with van der Waals surface area (Å²) in [5.41, 5.74) is 2.25. The summed E-state index contributed by atoms with van der Waals surface area (Å²) in [5, 5.41) is 12.6. The van der Waals surface area contributed by atoms with Gasteiger partial charge in [-0.15, -0.1) is 0 Å². The second kappa shape index (κ2) is 11.2. The van der Waals surface area contributed by atoms with Gasteiger partial charge in [0.2, 0.25) is 0 Å². The molecule has 1 aliphatic carbocycles. The van der Waals surface area contributed by atoms with Crippen molar-refractivity contribution < 1.29 is 24.2 Å². The molecule has 0 atom stereocenters. The van der Waals surface area contributed by atoms with Gasteiger partial charge in [-0.2, -0.15) is 0 Å². The Morgan fingerprint density at radius 3 is 2.51 bits per heavy atom. The maximum absolute atomic E-state index is 13.1. The molecule has 1 saturated heterocycles. The van der Waals surface area contributed by atoms with Crippen LogP contribution in [0.1, 0.15) is 60.5 Å². The maximum Gasteiger partial charge on any atom is 0.335 e. The fraction of sp³-hybridized carbons (Fsp3) is 0.346. The molecule has 1 aliphatic heterocycles. The second-order valence-electron chi connectivity index (χ2n) is 8.50. The van der Waals surface area contributed by atoms with E-state index in [1.165, 1.54) is 6.42 Å². The van der Waals surface area contributed by atoms with Crippen LogP contribution in [-0.2, 0) is 11.4 Å². The van der Waals surface area contributed by atoms with Crippen LogP contribution in [-0.4, -0.2) is 39.6 Å². The third-order valence-electron chi connectivity index (χ3n) is 6.11. The highest BCUT2D eigenvalue weighted by atomic mass is 79.9. The number of carboxylic acid groups (broad SMARTS) is 1. The molecule has 7 nitrogen and oxygen atoms in total. The summed E-state index contributed by atoms with van der Waals surface area (Å²) in [7, 11) is 0. The average Bonchev–Trinajstić information content (AvgIpc) is 3.13. The van der Waals surface area contributed by atoms with E-state index in [-0.39, 0.29) is 24.1 Å². The Morgan fingerprint density at radius 2 is 1.86 bits per heavy atom. The molecule has 0 spiro atoms. The van der Waals surface area contributed by atoms with Crippen molar-refractivity contribution >= 4 is 51.2 Å². The summed E-state index contributed by atoms with van der Waals surface area (Å²) >= 11 is 9.07. The van der Waals surface area contributed by atoms with E-state index in [1.807, 2.05) is 13.0 Å². The zero-order chi connectivity index (χ0) is 24.9. The van der Waals surface area contributed by atoms with Gasteiger partial charge in [0.05, 0.1) is 12.2 Å². The van der Waals surface area contributed by atoms with Crippen molar-refractivity contribution in [3.63, 3.8) is 0 Å². The number of halogens is 1. The maximum atomic E-state index is 13.1. The number of rotatable bonds is 8. The van der Waals surface area contributed by atoms with Crippen LogP contribution >= 0.6 is 28.1 Å². The van der Waals surface area contributed by atoms with Crippen molar-refractivity contribution in [2.24, 2.45) is 0 Å². The molecule has 1 saturated carbocycles. The number of hydrogen-bond donors (Lipinski definition) is 2. The Labute approximate surface area is 218 Å². The number of nitrogens with zero attached hydrogens (tertiary/aromatic N) is 1. The number of amides is 1. The molecule has 4 rings (SSSR count). The Hall–Kier alpha value is -2.91. The number of carbonyl (C=O) groups excluding carboxylic acids is 1. The summed E-state index contributed by atoms with van der Waals surface area (Å²) in [5.74, 6) is 0.00889. The third-order valence-corrected chi connectivity index (χ3v) is 7.09. The lowest BCUT2D eigenvalue weighted by Gasteiger charge is -2.29. The fourth-order valence-corrected chi connectivity index (χ4v) is 5.10. The predicted molar refractivity (Wildman–Crippen MR) is 140 cm³/mol. The van der Waals surface area contributed by atoms with Crippen LogP contribution in [0.3, 0.4) is 0 Å². The molecule has 0 unspecified atom stereocenters. The molecule has 1 amide bonds. The van der Waals surface area contributed by atoms with Gasteiger partial charge >= 0.3 is 5.97 Å². The molecule has 0 aromatic heterocycles. The summed E-state index contributed by atoms with van der Waals surface area (Å²) < 4.78 is 12.5. The van der Waals surface area contributed by atoms with E-state index >= 15 is 0 Å². The lowest BCUT2D eigenvalue weighted by Crippen LogP contribution is -2.41. The Balaban J connectivity index is 1.53. The van der Waals surface area contributed by atoms with Crippen LogP contribution in [0, 0.1) is 0 Å². The summed E-state index contributed by atoms with van der Waals surface area (Å²) in [6.07, 6.45) is 7.17. The van der Waals surface area contributed by atoms with Crippen LogP contribution in [0.4, 0.5) is 0 Å². The van der Waals surface area contributed by atoms with E-state index in [4.69, 9.17) is 26.8 Å². The fourth-order valence-electron chi connectivity index (χ4n) is 4.32. The van der Waals surface area contributed by atoms with E-state index in [9.17, 15) is 9.59 Å². The van der Waals surface area contributed by atoms with Crippen molar-refractivity contribution in [2.45, 2.75) is 51.7 Å². The predicted octanol–water partition coefficient (Wildman–Crippen LogP) is 5.52. The molecule has 2 aromatic rings. The Kier molecular flexibility index (Phi) is 8.07. The highest BCUT2D eigenvalue weighted by molar-refractivity contribution is 9.10. The number of benzene rings is 2. The largest absolute Gasteiger partial charge is 0.490 e. The van der Waals surface area contributed by atoms with Crippen molar-refractivity contribution in [3.05, 3.63) is 63.3 Å². The van der Waals surface area contributed by atoms with Gasteiger partial charge in [-0.25, -0.2) is 4.79 Å². The first-order valence-corrected chi connectivity index (χ1v) is 12.8. The summed E-state index contributed by atoms with van der Waals surface area (Å²) in [4.78, 5) is 25.9. The van der Waals surface area contributed by atoms with E-state index in [1.54, 1.807) is 41.3 Å². The zero-order valence-electron chi connectivity index (χ0n) is 19.4. The van der Waals surface area contributed by atoms with Gasteiger partial charge in [-0.05, 0) is 73.5 Å². The third kappa shape index (κ3) is 5.85. The second-order valence-corrected chi connectivity index (χ2v) is 9.74. The monoisotopic (exact) mass is 558 g/mol. The van der Waals surface area contributed by atoms with Crippen molar-refractivity contribution in [1.29, 1.82) is 0 Å². The molecule has 9 heteroatoms. The molecule has 1 heterocycles. The van der Waals surface area contributed by atoms with Gasteiger partial charge in [0, 0.05) is 10.5 Å². The van der Waals surface area contributed by atoms with Gasteiger partial charge in [-0.1, -0.05) is 47.3 Å². The van der Waals surface area contributed by atoms with Crippen LogP contribution in [0.5, 0.6) is 11.5 Å². The minimum Gasteiger partial charge on any atom is -0.490 e. The number of carbonyl (C=O) groups is 2. The Morgan fingerprint density at radius 1 is 1.17 bits per heavy atom. The number of hydrogen-bond acceptors (Lipinski definition) is 5. The summed E-state index contributed by atoms with van der Waals surface area (Å²) in [6.45, 7) is 2.58. The highest BCUT2D eigenvalue weighted by Gasteiger charge is 2.36. The molecular weight excluding hydrogens is 532 g/mol. The molecule has 2 N–H and O–H groups in total. The molecule has 0 radical (unpaired) electrons. The first-order valence-electron chi connectivity index (χ1n) is 11.6. The van der Waals surface area contributed by atoms with Crippen molar-refractivity contribution in [1.82, 2.24) is 10.2 Å². The SMILES string of the molecule is CCOc1cc(/C=C2\NC(=S)N(C3CCCCC3)C2=O)c(Br)cc1OCc1ccc(C(=O)O)cc1. The van der Waals surface area contributed by atoms with Crippen LogP contribution in [0.2, 0.25) is 0 Å². The highest BCUT2D eigenvalue weighted by Crippen LogP contribution is 2.36. The van der Waals surface area contributed by atoms with Gasteiger partial charge in [0.25, 0.3) is 5.91 Å². The van der Waals surface area contributed by atoms with Crippen molar-refractivity contribution in [2.75, 3.05) is 6.61 Å². The van der Waals surface area contributed by atoms with E-state index in [0.29, 0.717) is 28.9 Å². The number of ether oxygens (including phenoxy) is 2. The minimum atomic E-state index is -0.970. The minimum absolute atomic E-state index is 0.100. The molecule has 2 fully saturated rings. The molecular formula is C26H27BrN2O5S. The quantitative estimate of drug-likeness (QED) is 0.326. The van der Waals surface area contributed by atoms with Crippen LogP contribution < -0.4 is 14.8 Å². The number of aromatic carboxylic acids is 1. The van der Waals surface area contributed by atoms with Gasteiger partial charge in [0.15, 0.2) is 16.6 Å². The molecule has 2 aromatic carbocycles. The van der Waals surface area contributed by atoms with Gasteiger partial charge in [0.1, 0.15) is 12.3 Å². The molecule has 0 bridgehead atoms. The first-order chi connectivity index (χ1) is 16.9. The first kappa shape index (κ1) is 25.2. The number of nitrogens with one attached hydrogen (secondary N) is 1. The zero-order valence-corrected chi connectivity index (χ0v) is 21.8. The lowest BCUT2D eigenvalue weighted by molar-refractivity contribution is -0.124. The number of carboxylic acids is 1. The van der Waals surface area contributed by atoms with Gasteiger partial charge < -0.3 is 19.9 Å². The van der Waals surface area contributed by atoms with Crippen LogP contribution in [0.25, 0.3) is 6.08 Å². The van der Waals surface area contributed by atoms with Crippen LogP contribution in [0.15, 0.2) is 46.6 Å². The molecule has 35 heavy (non-hydrogen) atoms. The molecule has 2 aliphatic rings. The number of thiocarbonyl (C=S) groups is 1. The van der Waals surface area contributed by atoms with Crippen molar-refractivity contribution in [3.8, 4) is 11.5 Å². The van der Waals surface area contributed by atoms with E-state index in [2.05, 4.69) is 21.2 Å². The summed E-state index contributed by atoms with van der Waals surface area (Å²) in [6, 6.07) is 10.3. The normalized spacial score (nSPS) is 17.5. The Bertz CT molecular complexity index is 1160. The standard InChI is InChI=1S/C26H27BrN2O5S/c1-2-33-22-13-18(12-21-24(30)29(26(35)28-21)19-6-4-3-5-7-19)20(27)14-23(22)34-15-16-8-10-17(11-9-16)25(31)32/h8-14,19H,2-7,15H2,1H3,(H,28,35)(H,31,32)/b21-12-. The smallest absolute Gasteiger partial charge is 0.335 e. The van der Waals surface area contributed by atoms with E-state index in [0.717, 1.165) is 41.3 Å².